The molecule has 0 fully saturated rings. The van der Waals surface area contributed by atoms with E-state index < -0.39 is 0 Å². The lowest BCUT2D eigenvalue weighted by atomic mass is 10.1. The molecule has 5 heteroatoms. The van der Waals surface area contributed by atoms with Gasteiger partial charge in [-0.05, 0) is 36.8 Å². The molecule has 3 rings (SSSR count). The summed E-state index contributed by atoms with van der Waals surface area (Å²) < 4.78 is 12.5. The van der Waals surface area contributed by atoms with Gasteiger partial charge in [0.1, 0.15) is 5.52 Å². The van der Waals surface area contributed by atoms with Crippen molar-refractivity contribution in [1.29, 1.82) is 0 Å². The minimum atomic E-state index is 0.0530. The summed E-state index contributed by atoms with van der Waals surface area (Å²) in [7, 11) is 3.27. The predicted octanol–water partition coefficient (Wildman–Crippen LogP) is 3.06. The Morgan fingerprint density at radius 2 is 1.76 bits per heavy atom. The van der Waals surface area contributed by atoms with E-state index >= 15 is 0 Å². The van der Waals surface area contributed by atoms with Crippen molar-refractivity contribution in [2.24, 2.45) is 0 Å². The third-order valence-corrected chi connectivity index (χ3v) is 3.63. The number of fused-ring (bicyclic) bond motifs is 1. The molecule has 0 saturated carbocycles. The summed E-state index contributed by atoms with van der Waals surface area (Å²) in [4.78, 5) is 0. The number of methoxy groups -OCH3 is 2. The van der Waals surface area contributed by atoms with Gasteiger partial charge in [-0.25, -0.2) is 4.68 Å². The molecule has 1 heterocycles. The Kier molecular flexibility index (Phi) is 3.48. The van der Waals surface area contributed by atoms with E-state index in [9.17, 15) is 0 Å². The van der Waals surface area contributed by atoms with E-state index in [0.29, 0.717) is 5.75 Å². The van der Waals surface area contributed by atoms with Gasteiger partial charge < -0.3 is 9.47 Å². The van der Waals surface area contributed by atoms with E-state index in [0.717, 1.165) is 22.3 Å². The molecular weight excluding hydrogens is 266 g/mol. The first kappa shape index (κ1) is 13.4. The van der Waals surface area contributed by atoms with Crippen molar-refractivity contribution in [1.82, 2.24) is 15.0 Å². The third-order valence-electron chi connectivity index (χ3n) is 3.63. The van der Waals surface area contributed by atoms with Crippen LogP contribution >= 0.6 is 0 Å². The normalized spacial score (nSPS) is 12.3. The molecule has 3 aromatic rings. The van der Waals surface area contributed by atoms with Crippen LogP contribution in [0, 0.1) is 0 Å². The van der Waals surface area contributed by atoms with E-state index in [-0.39, 0.29) is 6.04 Å². The SMILES string of the molecule is COc1ccc(C(C)n2nnc3ccccc32)cc1OC. The van der Waals surface area contributed by atoms with Gasteiger partial charge in [0.15, 0.2) is 11.5 Å². The molecule has 1 atom stereocenters. The summed E-state index contributed by atoms with van der Waals surface area (Å²) in [6.07, 6.45) is 0. The molecular formula is C16H17N3O2. The van der Waals surface area contributed by atoms with Crippen molar-refractivity contribution < 1.29 is 9.47 Å². The molecule has 0 spiro atoms. The van der Waals surface area contributed by atoms with E-state index in [2.05, 4.69) is 17.2 Å². The Bertz CT molecular complexity index is 767. The van der Waals surface area contributed by atoms with Gasteiger partial charge in [0.05, 0.1) is 25.8 Å². The Labute approximate surface area is 123 Å². The lowest BCUT2D eigenvalue weighted by molar-refractivity contribution is 0.354. The van der Waals surface area contributed by atoms with Crippen LogP contribution in [0.3, 0.4) is 0 Å². The lowest BCUT2D eigenvalue weighted by Gasteiger charge is -2.15. The molecule has 0 amide bonds. The maximum Gasteiger partial charge on any atom is 0.161 e. The highest BCUT2D eigenvalue weighted by Crippen LogP contribution is 2.31. The summed E-state index contributed by atoms with van der Waals surface area (Å²) >= 11 is 0. The molecule has 108 valence electrons. The highest BCUT2D eigenvalue weighted by atomic mass is 16.5. The number of benzene rings is 2. The standard InChI is InChI=1S/C16H17N3O2/c1-11(12-8-9-15(20-2)16(10-12)21-3)19-14-7-5-4-6-13(14)17-18-19/h4-11H,1-3H3. The fourth-order valence-corrected chi connectivity index (χ4v) is 2.43. The van der Waals surface area contributed by atoms with Crippen LogP contribution in [0.2, 0.25) is 0 Å². The average molecular weight is 283 g/mol. The van der Waals surface area contributed by atoms with Crippen molar-refractivity contribution >= 4 is 11.0 Å². The van der Waals surface area contributed by atoms with Crippen molar-refractivity contribution in [2.75, 3.05) is 14.2 Å². The molecule has 0 bridgehead atoms. The first-order chi connectivity index (χ1) is 10.2. The molecule has 0 N–H and O–H groups in total. The van der Waals surface area contributed by atoms with E-state index in [1.54, 1.807) is 14.2 Å². The predicted molar refractivity (Wildman–Crippen MR) is 80.9 cm³/mol. The first-order valence-electron chi connectivity index (χ1n) is 6.76. The number of rotatable bonds is 4. The number of ether oxygens (including phenoxy) is 2. The monoisotopic (exact) mass is 283 g/mol. The summed E-state index contributed by atoms with van der Waals surface area (Å²) in [5, 5.41) is 8.46. The van der Waals surface area contributed by atoms with Gasteiger partial charge >= 0.3 is 0 Å². The summed E-state index contributed by atoms with van der Waals surface area (Å²) in [6, 6.07) is 13.9. The fraction of sp³-hybridized carbons (Fsp3) is 0.250. The smallest absolute Gasteiger partial charge is 0.161 e. The molecule has 0 radical (unpaired) electrons. The van der Waals surface area contributed by atoms with Crippen molar-refractivity contribution in [3.8, 4) is 11.5 Å². The zero-order chi connectivity index (χ0) is 14.8. The van der Waals surface area contributed by atoms with Gasteiger partial charge in [-0.1, -0.05) is 23.4 Å². The van der Waals surface area contributed by atoms with Gasteiger partial charge in [-0.3, -0.25) is 0 Å². The molecule has 0 saturated heterocycles. The minimum absolute atomic E-state index is 0.0530. The maximum absolute atomic E-state index is 5.36. The minimum Gasteiger partial charge on any atom is -0.493 e. The van der Waals surface area contributed by atoms with Crippen LogP contribution in [0.5, 0.6) is 11.5 Å². The zero-order valence-corrected chi connectivity index (χ0v) is 12.3. The van der Waals surface area contributed by atoms with Crippen molar-refractivity contribution in [2.45, 2.75) is 13.0 Å². The van der Waals surface area contributed by atoms with Gasteiger partial charge in [-0.2, -0.15) is 0 Å². The Morgan fingerprint density at radius 1 is 1.00 bits per heavy atom. The van der Waals surface area contributed by atoms with E-state index in [1.165, 1.54) is 0 Å². The molecule has 21 heavy (non-hydrogen) atoms. The van der Waals surface area contributed by atoms with E-state index in [4.69, 9.17) is 9.47 Å². The third kappa shape index (κ3) is 2.31. The van der Waals surface area contributed by atoms with Crippen LogP contribution < -0.4 is 9.47 Å². The number of hydrogen-bond acceptors (Lipinski definition) is 4. The van der Waals surface area contributed by atoms with Gasteiger partial charge in [0.25, 0.3) is 0 Å². The van der Waals surface area contributed by atoms with Crippen LogP contribution in [0.25, 0.3) is 11.0 Å². The van der Waals surface area contributed by atoms with Crippen LogP contribution in [0.4, 0.5) is 0 Å². The molecule has 1 aromatic heterocycles. The van der Waals surface area contributed by atoms with Crippen LogP contribution in [0.1, 0.15) is 18.5 Å². The van der Waals surface area contributed by atoms with Crippen molar-refractivity contribution in [3.05, 3.63) is 48.0 Å². The number of para-hydroxylation sites is 1. The maximum atomic E-state index is 5.36. The largest absolute Gasteiger partial charge is 0.493 e. The van der Waals surface area contributed by atoms with E-state index in [1.807, 2.05) is 47.1 Å². The van der Waals surface area contributed by atoms with Crippen LogP contribution in [-0.2, 0) is 0 Å². The Morgan fingerprint density at radius 3 is 2.52 bits per heavy atom. The highest BCUT2D eigenvalue weighted by molar-refractivity contribution is 5.74. The topological polar surface area (TPSA) is 49.2 Å². The van der Waals surface area contributed by atoms with Crippen LogP contribution in [-0.4, -0.2) is 29.2 Å². The van der Waals surface area contributed by atoms with Gasteiger partial charge in [0.2, 0.25) is 0 Å². The highest BCUT2D eigenvalue weighted by Gasteiger charge is 2.15. The average Bonchev–Trinajstić information content (AvgIpc) is 2.97. The summed E-state index contributed by atoms with van der Waals surface area (Å²) in [6.45, 7) is 2.09. The van der Waals surface area contributed by atoms with Crippen molar-refractivity contribution in [3.63, 3.8) is 0 Å². The Balaban J connectivity index is 2.04. The second-order valence-corrected chi connectivity index (χ2v) is 4.81. The van der Waals surface area contributed by atoms with Crippen LogP contribution in [0.15, 0.2) is 42.5 Å². The quantitative estimate of drug-likeness (QED) is 0.738. The lowest BCUT2D eigenvalue weighted by Crippen LogP contribution is -2.09. The summed E-state index contributed by atoms with van der Waals surface area (Å²) in [5.41, 5.74) is 2.99. The first-order valence-corrected chi connectivity index (χ1v) is 6.76. The molecule has 0 aliphatic heterocycles. The molecule has 5 nitrogen and oxygen atoms in total. The number of hydrogen-bond donors (Lipinski definition) is 0. The Hall–Kier alpha value is -2.56. The molecule has 1 unspecified atom stereocenters. The van der Waals surface area contributed by atoms with Gasteiger partial charge in [0, 0.05) is 0 Å². The second-order valence-electron chi connectivity index (χ2n) is 4.81. The zero-order valence-electron chi connectivity index (χ0n) is 12.3. The fourth-order valence-electron chi connectivity index (χ4n) is 2.43. The summed E-state index contributed by atoms with van der Waals surface area (Å²) in [5.74, 6) is 1.43. The van der Waals surface area contributed by atoms with Gasteiger partial charge in [-0.15, -0.1) is 5.10 Å². The molecule has 2 aromatic carbocycles. The second kappa shape index (κ2) is 5.44. The number of aromatic nitrogens is 3. The molecule has 0 aliphatic carbocycles. The number of nitrogens with zero attached hydrogens (tertiary/aromatic N) is 3. The molecule has 0 aliphatic rings.